The van der Waals surface area contributed by atoms with E-state index >= 15 is 0 Å². The Bertz CT molecular complexity index is 664. The second-order valence-corrected chi connectivity index (χ2v) is 4.88. The van der Waals surface area contributed by atoms with Crippen LogP contribution in [0.5, 0.6) is 0 Å². The van der Waals surface area contributed by atoms with Gasteiger partial charge in [0, 0.05) is 46.1 Å². The number of fused-ring (bicyclic) bond motifs is 1. The van der Waals surface area contributed by atoms with E-state index in [4.69, 9.17) is 5.73 Å². The van der Waals surface area contributed by atoms with Gasteiger partial charge in [0.25, 0.3) is 0 Å². The molecule has 18 heavy (non-hydrogen) atoms. The summed E-state index contributed by atoms with van der Waals surface area (Å²) in [7, 11) is 0. The number of nitrogens with zero attached hydrogens (tertiary/aromatic N) is 2. The molecule has 2 aromatic heterocycles. The fraction of sp³-hybridized carbons (Fsp3) is 0.0769. The van der Waals surface area contributed by atoms with Crippen molar-refractivity contribution in [3.05, 3.63) is 47.2 Å². The van der Waals surface area contributed by atoms with Crippen molar-refractivity contribution in [2.75, 3.05) is 11.1 Å². The van der Waals surface area contributed by atoms with Gasteiger partial charge >= 0.3 is 0 Å². The molecule has 0 fully saturated rings. The molecule has 2 heterocycles. The van der Waals surface area contributed by atoms with Gasteiger partial charge in [0.2, 0.25) is 0 Å². The SMILES string of the molecule is Nc1ccc(NCc2nccs2)c2cnccc12. The van der Waals surface area contributed by atoms with Crippen LogP contribution in [-0.4, -0.2) is 9.97 Å². The molecule has 0 amide bonds. The molecule has 0 radical (unpaired) electrons. The first-order chi connectivity index (χ1) is 8.84. The highest BCUT2D eigenvalue weighted by molar-refractivity contribution is 7.09. The molecule has 3 aromatic rings. The number of thiazole rings is 1. The average Bonchev–Trinajstić information content (AvgIpc) is 2.92. The maximum Gasteiger partial charge on any atom is 0.112 e. The largest absolute Gasteiger partial charge is 0.398 e. The summed E-state index contributed by atoms with van der Waals surface area (Å²) in [5.74, 6) is 0. The van der Waals surface area contributed by atoms with Crippen molar-refractivity contribution in [2.45, 2.75) is 6.54 Å². The van der Waals surface area contributed by atoms with Gasteiger partial charge in [-0.15, -0.1) is 11.3 Å². The Kier molecular flexibility index (Phi) is 2.82. The molecule has 0 spiro atoms. The minimum atomic E-state index is 0.714. The van der Waals surface area contributed by atoms with Crippen LogP contribution in [0.4, 0.5) is 11.4 Å². The normalized spacial score (nSPS) is 10.7. The smallest absolute Gasteiger partial charge is 0.112 e. The lowest BCUT2D eigenvalue weighted by Crippen LogP contribution is -2.00. The van der Waals surface area contributed by atoms with Crippen molar-refractivity contribution in [2.24, 2.45) is 0 Å². The van der Waals surface area contributed by atoms with Crippen molar-refractivity contribution in [1.82, 2.24) is 9.97 Å². The number of hydrogen-bond acceptors (Lipinski definition) is 5. The van der Waals surface area contributed by atoms with E-state index in [0.717, 1.165) is 27.2 Å². The molecule has 0 unspecified atom stereocenters. The Hall–Kier alpha value is -2.14. The van der Waals surface area contributed by atoms with E-state index < -0.39 is 0 Å². The van der Waals surface area contributed by atoms with Crippen LogP contribution in [0.3, 0.4) is 0 Å². The molecule has 0 aliphatic heterocycles. The van der Waals surface area contributed by atoms with Gasteiger partial charge in [-0.1, -0.05) is 0 Å². The van der Waals surface area contributed by atoms with Crippen LogP contribution in [0.1, 0.15) is 5.01 Å². The molecule has 0 bridgehead atoms. The van der Waals surface area contributed by atoms with Crippen LogP contribution in [-0.2, 0) is 6.54 Å². The van der Waals surface area contributed by atoms with Gasteiger partial charge in [-0.2, -0.15) is 0 Å². The highest BCUT2D eigenvalue weighted by Gasteiger charge is 2.04. The monoisotopic (exact) mass is 256 g/mol. The summed E-state index contributed by atoms with van der Waals surface area (Å²) < 4.78 is 0. The first-order valence-electron chi connectivity index (χ1n) is 5.59. The van der Waals surface area contributed by atoms with E-state index in [0.29, 0.717) is 6.54 Å². The number of anilines is 2. The summed E-state index contributed by atoms with van der Waals surface area (Å²) in [5.41, 5.74) is 7.75. The summed E-state index contributed by atoms with van der Waals surface area (Å²) >= 11 is 1.64. The van der Waals surface area contributed by atoms with E-state index in [1.54, 1.807) is 17.5 Å². The van der Waals surface area contributed by atoms with Crippen LogP contribution < -0.4 is 11.1 Å². The maximum atomic E-state index is 5.95. The van der Waals surface area contributed by atoms with Crippen molar-refractivity contribution >= 4 is 33.5 Å². The van der Waals surface area contributed by atoms with Gasteiger partial charge in [-0.25, -0.2) is 4.98 Å². The topological polar surface area (TPSA) is 63.8 Å². The zero-order valence-electron chi connectivity index (χ0n) is 9.63. The standard InChI is InChI=1S/C13H12N4S/c14-11-1-2-12(10-7-15-4-3-9(10)11)17-8-13-16-5-6-18-13/h1-7,17H,8,14H2. The van der Waals surface area contributed by atoms with Gasteiger partial charge in [-0.05, 0) is 18.2 Å². The Balaban J connectivity index is 1.94. The van der Waals surface area contributed by atoms with Gasteiger partial charge in [0.15, 0.2) is 0 Å². The van der Waals surface area contributed by atoms with Gasteiger partial charge in [0.1, 0.15) is 5.01 Å². The highest BCUT2D eigenvalue weighted by Crippen LogP contribution is 2.27. The Labute approximate surface area is 109 Å². The number of nitrogens with one attached hydrogen (secondary N) is 1. The van der Waals surface area contributed by atoms with Gasteiger partial charge in [-0.3, -0.25) is 4.98 Å². The minimum absolute atomic E-state index is 0.714. The predicted octanol–water partition coefficient (Wildman–Crippen LogP) is 2.89. The second-order valence-electron chi connectivity index (χ2n) is 3.90. The van der Waals surface area contributed by atoms with Crippen LogP contribution in [0.25, 0.3) is 10.8 Å². The van der Waals surface area contributed by atoms with E-state index in [9.17, 15) is 0 Å². The molecular weight excluding hydrogens is 244 g/mol. The summed E-state index contributed by atoms with van der Waals surface area (Å²) in [6.45, 7) is 0.714. The number of pyridine rings is 1. The Morgan fingerprint density at radius 2 is 2.11 bits per heavy atom. The predicted molar refractivity (Wildman–Crippen MR) is 75.6 cm³/mol. The molecule has 90 valence electrons. The third-order valence-electron chi connectivity index (χ3n) is 2.77. The lowest BCUT2D eigenvalue weighted by molar-refractivity contribution is 1.11. The van der Waals surface area contributed by atoms with E-state index in [1.165, 1.54) is 0 Å². The second kappa shape index (κ2) is 4.62. The summed E-state index contributed by atoms with van der Waals surface area (Å²) in [4.78, 5) is 8.40. The maximum absolute atomic E-state index is 5.95. The Morgan fingerprint density at radius 1 is 1.17 bits per heavy atom. The molecule has 4 nitrogen and oxygen atoms in total. The summed E-state index contributed by atoms with van der Waals surface area (Å²) in [6.07, 6.45) is 5.39. The Morgan fingerprint density at radius 3 is 2.94 bits per heavy atom. The number of nitrogen functional groups attached to an aromatic ring is 1. The first kappa shape index (κ1) is 11.0. The lowest BCUT2D eigenvalue weighted by atomic mass is 10.1. The van der Waals surface area contributed by atoms with E-state index in [-0.39, 0.29) is 0 Å². The molecule has 0 saturated carbocycles. The number of aromatic nitrogens is 2. The quantitative estimate of drug-likeness (QED) is 0.707. The fourth-order valence-corrected chi connectivity index (χ4v) is 2.43. The first-order valence-corrected chi connectivity index (χ1v) is 6.47. The van der Waals surface area contributed by atoms with Crippen LogP contribution in [0, 0.1) is 0 Å². The highest BCUT2D eigenvalue weighted by atomic mass is 32.1. The summed E-state index contributed by atoms with van der Waals surface area (Å²) in [5, 5.41) is 8.46. The number of benzene rings is 1. The molecular formula is C13H12N4S. The third-order valence-corrected chi connectivity index (χ3v) is 3.54. The molecule has 5 heteroatoms. The van der Waals surface area contributed by atoms with Crippen molar-refractivity contribution in [3.8, 4) is 0 Å². The molecule has 0 saturated heterocycles. The minimum Gasteiger partial charge on any atom is -0.398 e. The molecule has 1 aromatic carbocycles. The molecule has 0 aliphatic carbocycles. The molecule has 3 rings (SSSR count). The number of rotatable bonds is 3. The van der Waals surface area contributed by atoms with Crippen LogP contribution in [0.2, 0.25) is 0 Å². The summed E-state index contributed by atoms with van der Waals surface area (Å²) in [6, 6.07) is 5.82. The zero-order valence-corrected chi connectivity index (χ0v) is 10.4. The third kappa shape index (κ3) is 2.00. The molecule has 3 N–H and O–H groups in total. The zero-order chi connectivity index (χ0) is 12.4. The van der Waals surface area contributed by atoms with Crippen molar-refractivity contribution in [1.29, 1.82) is 0 Å². The van der Waals surface area contributed by atoms with Crippen LogP contribution >= 0.6 is 11.3 Å². The van der Waals surface area contributed by atoms with Gasteiger partial charge < -0.3 is 11.1 Å². The molecule has 0 aliphatic rings. The lowest BCUT2D eigenvalue weighted by Gasteiger charge is -2.09. The van der Waals surface area contributed by atoms with Gasteiger partial charge in [0.05, 0.1) is 6.54 Å². The van der Waals surface area contributed by atoms with E-state index in [1.807, 2.05) is 36.0 Å². The fourth-order valence-electron chi connectivity index (χ4n) is 1.88. The molecule has 0 atom stereocenters. The average molecular weight is 256 g/mol. The van der Waals surface area contributed by atoms with Crippen molar-refractivity contribution in [3.63, 3.8) is 0 Å². The number of nitrogens with two attached hydrogens (primary N) is 1. The van der Waals surface area contributed by atoms with Crippen LogP contribution in [0.15, 0.2) is 42.2 Å². The van der Waals surface area contributed by atoms with E-state index in [2.05, 4.69) is 15.3 Å². The number of hydrogen-bond donors (Lipinski definition) is 2. The van der Waals surface area contributed by atoms with Crippen molar-refractivity contribution < 1.29 is 0 Å².